The van der Waals surface area contributed by atoms with Crippen LogP contribution >= 0.6 is 0 Å². The van der Waals surface area contributed by atoms with Gasteiger partial charge in [0.15, 0.2) is 0 Å². The second-order valence-corrected chi connectivity index (χ2v) is 7.04. The molecule has 1 aromatic rings. The van der Waals surface area contributed by atoms with Crippen molar-refractivity contribution < 1.29 is 4.79 Å². The number of nitrogens with zero attached hydrogens (tertiary/aromatic N) is 1. The molecule has 2 rings (SSSR count). The molecule has 2 nitrogen and oxygen atoms in total. The number of rotatable bonds is 0. The zero-order chi connectivity index (χ0) is 14.9. The van der Waals surface area contributed by atoms with Gasteiger partial charge < -0.3 is 4.90 Å². The van der Waals surface area contributed by atoms with Crippen molar-refractivity contribution in [2.75, 3.05) is 11.4 Å². The van der Waals surface area contributed by atoms with E-state index < -0.39 is 0 Å². The molecule has 1 aromatic carbocycles. The Kier molecular flexibility index (Phi) is 4.22. The molecule has 1 aliphatic rings. The molecule has 1 heterocycles. The predicted molar refractivity (Wildman–Crippen MR) is 85.3 cm³/mol. The molecule has 0 aromatic heterocycles. The molecule has 0 radical (unpaired) electrons. The van der Waals surface area contributed by atoms with Crippen molar-refractivity contribution >= 4 is 11.6 Å². The van der Waals surface area contributed by atoms with Gasteiger partial charge in [0.1, 0.15) is 0 Å². The number of anilines is 1. The summed E-state index contributed by atoms with van der Waals surface area (Å²) in [5.41, 5.74) is 4.78. The third kappa shape index (κ3) is 2.89. The van der Waals surface area contributed by atoms with E-state index in [1.807, 2.05) is 20.8 Å². The van der Waals surface area contributed by atoms with E-state index in [2.05, 4.69) is 30.9 Å². The van der Waals surface area contributed by atoms with E-state index in [4.69, 9.17) is 0 Å². The van der Waals surface area contributed by atoms with Crippen LogP contribution in [0.25, 0.3) is 0 Å². The molecule has 1 aliphatic heterocycles. The smallest absolute Gasteiger partial charge is 0.232 e. The number of amides is 1. The molecule has 0 N–H and O–H groups in total. The number of carbonyl (C=O) groups excluding carboxylic acids is 1. The Morgan fingerprint density at radius 1 is 1.05 bits per heavy atom. The van der Waals surface area contributed by atoms with Crippen molar-refractivity contribution in [1.29, 1.82) is 0 Å². The number of carbonyl (C=O) groups is 1. The standard InChI is InChI=1S/C18H27NO/c1-13-10-11-14(2)16-15(13)9-7-6-8-12-19(16)17(20)18(3,4)5/h10-11H,6-9,12H2,1-5H3. The van der Waals surface area contributed by atoms with Gasteiger partial charge in [-0.25, -0.2) is 0 Å². The molecule has 0 bridgehead atoms. The maximum atomic E-state index is 12.8. The molecule has 110 valence electrons. The number of hydrogen-bond donors (Lipinski definition) is 0. The van der Waals surface area contributed by atoms with Gasteiger partial charge in [-0.1, -0.05) is 39.3 Å². The third-order valence-electron chi connectivity index (χ3n) is 4.18. The van der Waals surface area contributed by atoms with Crippen LogP contribution in [0, 0.1) is 19.3 Å². The van der Waals surface area contributed by atoms with Gasteiger partial charge in [-0.2, -0.15) is 0 Å². The van der Waals surface area contributed by atoms with Gasteiger partial charge in [-0.05, 0) is 49.8 Å². The van der Waals surface area contributed by atoms with Gasteiger partial charge in [-0.15, -0.1) is 0 Å². The van der Waals surface area contributed by atoms with Gasteiger partial charge >= 0.3 is 0 Å². The fourth-order valence-electron chi connectivity index (χ4n) is 3.01. The highest BCUT2D eigenvalue weighted by Gasteiger charge is 2.30. The summed E-state index contributed by atoms with van der Waals surface area (Å²) in [4.78, 5) is 14.9. The van der Waals surface area contributed by atoms with Gasteiger partial charge in [0.2, 0.25) is 5.91 Å². The maximum absolute atomic E-state index is 12.8. The number of fused-ring (bicyclic) bond motifs is 1. The van der Waals surface area contributed by atoms with E-state index in [1.54, 1.807) is 0 Å². The normalized spacial score (nSPS) is 16.4. The monoisotopic (exact) mass is 273 g/mol. The topological polar surface area (TPSA) is 20.3 Å². The zero-order valence-corrected chi connectivity index (χ0v) is 13.5. The summed E-state index contributed by atoms with van der Waals surface area (Å²) < 4.78 is 0. The van der Waals surface area contributed by atoms with Crippen LogP contribution in [-0.2, 0) is 11.2 Å². The van der Waals surface area contributed by atoms with E-state index in [-0.39, 0.29) is 11.3 Å². The highest BCUT2D eigenvalue weighted by atomic mass is 16.2. The summed E-state index contributed by atoms with van der Waals surface area (Å²) in [6.45, 7) is 11.2. The van der Waals surface area contributed by atoms with Crippen LogP contribution in [0.4, 0.5) is 5.69 Å². The minimum absolute atomic E-state index is 0.245. The maximum Gasteiger partial charge on any atom is 0.232 e. The minimum Gasteiger partial charge on any atom is -0.311 e. The Labute approximate surface area is 123 Å². The fourth-order valence-corrected chi connectivity index (χ4v) is 3.01. The van der Waals surface area contributed by atoms with Crippen LogP contribution in [0.15, 0.2) is 12.1 Å². The molecule has 0 aliphatic carbocycles. The summed E-state index contributed by atoms with van der Waals surface area (Å²) in [6.07, 6.45) is 4.64. The average Bonchev–Trinajstić information content (AvgIpc) is 2.32. The molecule has 0 unspecified atom stereocenters. The molecule has 2 heteroatoms. The van der Waals surface area contributed by atoms with Gasteiger partial charge in [0.05, 0.1) is 0 Å². The van der Waals surface area contributed by atoms with E-state index in [9.17, 15) is 4.79 Å². The van der Waals surface area contributed by atoms with Crippen LogP contribution in [0.2, 0.25) is 0 Å². The first kappa shape index (κ1) is 15.1. The summed E-state index contributed by atoms with van der Waals surface area (Å²) in [7, 11) is 0. The van der Waals surface area contributed by atoms with Gasteiger partial charge in [0.25, 0.3) is 0 Å². The Hall–Kier alpha value is -1.31. The van der Waals surface area contributed by atoms with E-state index in [1.165, 1.54) is 35.2 Å². The predicted octanol–water partition coefficient (Wildman–Crippen LogP) is 4.41. The van der Waals surface area contributed by atoms with E-state index in [0.29, 0.717) is 0 Å². The van der Waals surface area contributed by atoms with Crippen LogP contribution in [-0.4, -0.2) is 12.5 Å². The molecule has 0 saturated heterocycles. The van der Waals surface area contributed by atoms with Crippen molar-refractivity contribution in [3.05, 3.63) is 28.8 Å². The molecule has 0 atom stereocenters. The fraction of sp³-hybridized carbons (Fsp3) is 0.611. The average molecular weight is 273 g/mol. The molecule has 0 spiro atoms. The summed E-state index contributed by atoms with van der Waals surface area (Å²) in [5.74, 6) is 0.245. The van der Waals surface area contributed by atoms with Crippen molar-refractivity contribution in [3.63, 3.8) is 0 Å². The van der Waals surface area contributed by atoms with Crippen molar-refractivity contribution in [3.8, 4) is 0 Å². The molecular formula is C18H27NO. The first-order valence-corrected chi connectivity index (χ1v) is 7.73. The molecule has 0 fully saturated rings. The highest BCUT2D eigenvalue weighted by Crippen LogP contribution is 2.34. The molecular weight excluding hydrogens is 246 g/mol. The first-order chi connectivity index (χ1) is 9.32. The zero-order valence-electron chi connectivity index (χ0n) is 13.5. The molecule has 0 saturated carbocycles. The van der Waals surface area contributed by atoms with Crippen LogP contribution in [0.5, 0.6) is 0 Å². The van der Waals surface area contributed by atoms with Crippen molar-refractivity contribution in [2.45, 2.75) is 60.3 Å². The first-order valence-electron chi connectivity index (χ1n) is 7.73. The lowest BCUT2D eigenvalue weighted by Crippen LogP contribution is -2.41. The van der Waals surface area contributed by atoms with Crippen LogP contribution in [0.3, 0.4) is 0 Å². The lowest BCUT2D eigenvalue weighted by Gasteiger charge is -2.34. The lowest BCUT2D eigenvalue weighted by atomic mass is 9.90. The molecule has 20 heavy (non-hydrogen) atoms. The number of benzene rings is 1. The largest absolute Gasteiger partial charge is 0.311 e. The summed E-state index contributed by atoms with van der Waals surface area (Å²) in [6, 6.07) is 4.34. The van der Waals surface area contributed by atoms with Crippen molar-refractivity contribution in [1.82, 2.24) is 0 Å². The summed E-state index contributed by atoms with van der Waals surface area (Å²) >= 11 is 0. The van der Waals surface area contributed by atoms with Crippen molar-refractivity contribution in [2.24, 2.45) is 5.41 Å². The summed E-state index contributed by atoms with van der Waals surface area (Å²) in [5, 5.41) is 0. The Balaban J connectivity index is 2.55. The quantitative estimate of drug-likeness (QED) is 0.685. The second kappa shape index (κ2) is 5.59. The van der Waals surface area contributed by atoms with E-state index >= 15 is 0 Å². The second-order valence-electron chi connectivity index (χ2n) is 7.04. The Bertz CT molecular complexity index is 511. The Morgan fingerprint density at radius 3 is 2.35 bits per heavy atom. The van der Waals surface area contributed by atoms with Gasteiger partial charge in [-0.3, -0.25) is 4.79 Å². The highest BCUT2D eigenvalue weighted by molar-refractivity contribution is 5.98. The van der Waals surface area contributed by atoms with E-state index in [0.717, 1.165) is 19.4 Å². The number of aryl methyl sites for hydroxylation is 2. The van der Waals surface area contributed by atoms with Crippen LogP contribution in [0.1, 0.15) is 56.7 Å². The SMILES string of the molecule is Cc1ccc(C)c2c1CCCCCN2C(=O)C(C)(C)C. The van der Waals surface area contributed by atoms with Crippen LogP contribution < -0.4 is 4.90 Å². The Morgan fingerprint density at radius 2 is 1.70 bits per heavy atom. The molecule has 1 amide bonds. The third-order valence-corrected chi connectivity index (χ3v) is 4.18. The lowest BCUT2D eigenvalue weighted by molar-refractivity contribution is -0.125. The number of hydrogen-bond acceptors (Lipinski definition) is 1. The minimum atomic E-state index is -0.327. The van der Waals surface area contributed by atoms with Gasteiger partial charge in [0, 0.05) is 17.6 Å².